The molecule has 2 aliphatic rings. The summed E-state index contributed by atoms with van der Waals surface area (Å²) in [6.45, 7) is 2.46. The third kappa shape index (κ3) is 2.76. The minimum absolute atomic E-state index is 0.317. The summed E-state index contributed by atoms with van der Waals surface area (Å²) >= 11 is 0. The molecule has 0 bridgehead atoms. The molecule has 1 saturated heterocycles. The van der Waals surface area contributed by atoms with Gasteiger partial charge >= 0.3 is 0 Å². The Hall–Kier alpha value is -1.10. The average Bonchev–Trinajstić information content (AvgIpc) is 2.49. The van der Waals surface area contributed by atoms with E-state index in [1.165, 1.54) is 5.56 Å². The first kappa shape index (κ1) is 12.9. The van der Waals surface area contributed by atoms with Crippen LogP contribution in [0.25, 0.3) is 0 Å². The van der Waals surface area contributed by atoms with Gasteiger partial charge in [-0.2, -0.15) is 0 Å². The zero-order valence-corrected chi connectivity index (χ0v) is 11.2. The second-order valence-corrected chi connectivity index (χ2v) is 5.53. The number of nitrogens with two attached hydrogens (primary N) is 1. The van der Waals surface area contributed by atoms with E-state index >= 15 is 0 Å². The van der Waals surface area contributed by atoms with Crippen molar-refractivity contribution in [3.8, 4) is 5.75 Å². The fourth-order valence-electron chi connectivity index (χ4n) is 3.31. The number of benzene rings is 1. The van der Waals surface area contributed by atoms with Crippen LogP contribution >= 0.6 is 0 Å². The second kappa shape index (κ2) is 5.90. The van der Waals surface area contributed by atoms with Gasteiger partial charge < -0.3 is 9.47 Å². The van der Waals surface area contributed by atoms with Crippen LogP contribution in [0.15, 0.2) is 24.3 Å². The van der Waals surface area contributed by atoms with Crippen LogP contribution in [0.3, 0.4) is 0 Å². The van der Waals surface area contributed by atoms with E-state index < -0.39 is 0 Å². The number of nitrogens with one attached hydrogen (secondary N) is 1. The molecule has 0 aromatic heterocycles. The van der Waals surface area contributed by atoms with Crippen LogP contribution in [0.1, 0.15) is 18.4 Å². The molecule has 0 amide bonds. The standard InChI is InChI=1S/C15H22N2O2/c16-17-15(11-5-7-18-8-6-11)13-9-12-3-1-2-4-14(12)19-10-13/h1-4,11,13,15,17H,5-10,16H2. The molecule has 3 N–H and O–H groups in total. The van der Waals surface area contributed by atoms with Crippen LogP contribution in [0.5, 0.6) is 5.75 Å². The monoisotopic (exact) mass is 262 g/mol. The van der Waals surface area contributed by atoms with E-state index in [0.29, 0.717) is 17.9 Å². The minimum Gasteiger partial charge on any atom is -0.493 e. The Kier molecular flexibility index (Phi) is 4.01. The smallest absolute Gasteiger partial charge is 0.122 e. The van der Waals surface area contributed by atoms with Crippen LogP contribution in [0.4, 0.5) is 0 Å². The topological polar surface area (TPSA) is 56.5 Å². The van der Waals surface area contributed by atoms with Crippen LogP contribution in [-0.4, -0.2) is 25.9 Å². The average molecular weight is 262 g/mol. The molecule has 104 valence electrons. The van der Waals surface area contributed by atoms with E-state index in [2.05, 4.69) is 17.6 Å². The van der Waals surface area contributed by atoms with Crippen molar-refractivity contribution in [1.82, 2.24) is 5.43 Å². The van der Waals surface area contributed by atoms with Crippen molar-refractivity contribution >= 4 is 0 Å². The number of fused-ring (bicyclic) bond motifs is 1. The van der Waals surface area contributed by atoms with Gasteiger partial charge in [0.1, 0.15) is 5.75 Å². The summed E-state index contributed by atoms with van der Waals surface area (Å²) in [5.74, 6) is 7.88. The molecule has 2 aliphatic heterocycles. The Morgan fingerprint density at radius 3 is 2.74 bits per heavy atom. The Morgan fingerprint density at radius 2 is 1.95 bits per heavy atom. The molecular weight excluding hydrogens is 240 g/mol. The molecule has 1 fully saturated rings. The van der Waals surface area contributed by atoms with Crippen molar-refractivity contribution in [2.24, 2.45) is 17.7 Å². The summed E-state index contributed by atoms with van der Waals surface area (Å²) in [6.07, 6.45) is 3.22. The fraction of sp³-hybridized carbons (Fsp3) is 0.600. The number of hydrazine groups is 1. The van der Waals surface area contributed by atoms with Gasteiger partial charge in [0.15, 0.2) is 0 Å². The molecule has 19 heavy (non-hydrogen) atoms. The van der Waals surface area contributed by atoms with Crippen molar-refractivity contribution in [3.63, 3.8) is 0 Å². The van der Waals surface area contributed by atoms with Crippen molar-refractivity contribution < 1.29 is 9.47 Å². The van der Waals surface area contributed by atoms with Crippen LogP contribution in [0.2, 0.25) is 0 Å². The first-order valence-corrected chi connectivity index (χ1v) is 7.13. The van der Waals surface area contributed by atoms with Crippen LogP contribution < -0.4 is 16.0 Å². The summed E-state index contributed by atoms with van der Waals surface area (Å²) < 4.78 is 11.3. The maximum Gasteiger partial charge on any atom is 0.122 e. The van der Waals surface area contributed by atoms with Crippen molar-refractivity contribution in [2.75, 3.05) is 19.8 Å². The van der Waals surface area contributed by atoms with Crippen LogP contribution in [-0.2, 0) is 11.2 Å². The maximum absolute atomic E-state index is 5.88. The van der Waals surface area contributed by atoms with E-state index in [9.17, 15) is 0 Å². The molecule has 0 radical (unpaired) electrons. The summed E-state index contributed by atoms with van der Waals surface area (Å²) in [7, 11) is 0. The molecule has 1 aromatic rings. The molecule has 2 atom stereocenters. The first-order chi connectivity index (χ1) is 9.38. The molecule has 0 aliphatic carbocycles. The van der Waals surface area contributed by atoms with Gasteiger partial charge in [-0.25, -0.2) is 0 Å². The van der Waals surface area contributed by atoms with Gasteiger partial charge in [-0.15, -0.1) is 0 Å². The quantitative estimate of drug-likeness (QED) is 0.640. The zero-order valence-electron chi connectivity index (χ0n) is 11.2. The number of hydrogen-bond donors (Lipinski definition) is 2. The lowest BCUT2D eigenvalue weighted by Gasteiger charge is -2.37. The highest BCUT2D eigenvalue weighted by Crippen LogP contribution is 2.32. The Labute approximate surface area is 114 Å². The highest BCUT2D eigenvalue weighted by atomic mass is 16.5. The number of hydrogen-bond acceptors (Lipinski definition) is 4. The number of ether oxygens (including phenoxy) is 2. The van der Waals surface area contributed by atoms with Crippen LogP contribution in [0, 0.1) is 11.8 Å². The van der Waals surface area contributed by atoms with Gasteiger partial charge in [0.05, 0.1) is 6.61 Å². The second-order valence-electron chi connectivity index (χ2n) is 5.53. The van der Waals surface area contributed by atoms with Crippen molar-refractivity contribution in [3.05, 3.63) is 29.8 Å². The highest BCUT2D eigenvalue weighted by molar-refractivity contribution is 5.35. The van der Waals surface area contributed by atoms with Gasteiger partial charge in [-0.3, -0.25) is 11.3 Å². The minimum atomic E-state index is 0.317. The van der Waals surface area contributed by atoms with E-state index in [0.717, 1.165) is 44.8 Å². The van der Waals surface area contributed by atoms with Crippen molar-refractivity contribution in [1.29, 1.82) is 0 Å². The third-order valence-corrected chi connectivity index (χ3v) is 4.38. The normalized spacial score (nSPS) is 25.4. The van der Waals surface area contributed by atoms with Gasteiger partial charge in [0, 0.05) is 25.2 Å². The molecule has 2 heterocycles. The summed E-state index contributed by atoms with van der Waals surface area (Å²) in [4.78, 5) is 0. The largest absolute Gasteiger partial charge is 0.493 e. The number of para-hydroxylation sites is 1. The Balaban J connectivity index is 1.71. The molecule has 3 rings (SSSR count). The summed E-state index contributed by atoms with van der Waals surface area (Å²) in [6, 6.07) is 8.61. The SMILES string of the molecule is NNC(C1CCOCC1)C1COc2ccccc2C1. The molecule has 0 spiro atoms. The number of rotatable bonds is 3. The highest BCUT2D eigenvalue weighted by Gasteiger charge is 2.33. The van der Waals surface area contributed by atoms with Gasteiger partial charge in [0.25, 0.3) is 0 Å². The Bertz CT molecular complexity index is 418. The lowest BCUT2D eigenvalue weighted by molar-refractivity contribution is 0.0366. The maximum atomic E-state index is 5.88. The third-order valence-electron chi connectivity index (χ3n) is 4.38. The molecule has 0 saturated carbocycles. The van der Waals surface area contributed by atoms with E-state index in [4.69, 9.17) is 15.3 Å². The van der Waals surface area contributed by atoms with Gasteiger partial charge in [0.2, 0.25) is 0 Å². The molecule has 2 unspecified atom stereocenters. The molecular formula is C15H22N2O2. The molecule has 1 aromatic carbocycles. The summed E-state index contributed by atoms with van der Waals surface area (Å²) in [5.41, 5.74) is 4.33. The predicted molar refractivity (Wildman–Crippen MR) is 73.8 cm³/mol. The van der Waals surface area contributed by atoms with Crippen molar-refractivity contribution in [2.45, 2.75) is 25.3 Å². The molecule has 4 nitrogen and oxygen atoms in total. The summed E-state index contributed by atoms with van der Waals surface area (Å²) in [5, 5.41) is 0. The Morgan fingerprint density at radius 1 is 1.16 bits per heavy atom. The molecule has 4 heteroatoms. The van der Waals surface area contributed by atoms with E-state index in [-0.39, 0.29) is 0 Å². The lowest BCUT2D eigenvalue weighted by Crippen LogP contribution is -2.50. The fourth-order valence-corrected chi connectivity index (χ4v) is 3.31. The predicted octanol–water partition coefficient (Wildman–Crippen LogP) is 1.50. The lowest BCUT2D eigenvalue weighted by atomic mass is 9.80. The van der Waals surface area contributed by atoms with Gasteiger partial charge in [-0.1, -0.05) is 18.2 Å². The first-order valence-electron chi connectivity index (χ1n) is 7.13. The van der Waals surface area contributed by atoms with Gasteiger partial charge in [-0.05, 0) is 36.8 Å². The zero-order chi connectivity index (χ0) is 13.1. The van der Waals surface area contributed by atoms with E-state index in [1.54, 1.807) is 0 Å². The van der Waals surface area contributed by atoms with E-state index in [1.807, 2.05) is 12.1 Å².